The quantitative estimate of drug-likeness (QED) is 0.542. The third-order valence-electron chi connectivity index (χ3n) is 4.58. The Hall–Kier alpha value is -2.67. The summed E-state index contributed by atoms with van der Waals surface area (Å²) in [7, 11) is 0. The Balaban J connectivity index is 2.01. The molecule has 146 valence electrons. The first-order valence-corrected chi connectivity index (χ1v) is 10.5. The maximum absolute atomic E-state index is 12.5. The molecule has 0 saturated carbocycles. The van der Waals surface area contributed by atoms with E-state index < -0.39 is 0 Å². The molecule has 0 aliphatic heterocycles. The SMILES string of the molecule is CCc1ccccc1-n1c(SCC(=O)N(CC)CC)nnc1-c1ccccn1. The molecule has 7 heteroatoms. The first-order chi connectivity index (χ1) is 13.7. The first-order valence-electron chi connectivity index (χ1n) is 9.55. The van der Waals surface area contributed by atoms with Gasteiger partial charge in [-0.3, -0.25) is 14.3 Å². The second kappa shape index (κ2) is 9.50. The molecule has 0 saturated heterocycles. The van der Waals surface area contributed by atoms with E-state index in [0.29, 0.717) is 29.8 Å². The number of aryl methyl sites for hydroxylation is 1. The summed E-state index contributed by atoms with van der Waals surface area (Å²) < 4.78 is 2.02. The molecule has 1 amide bonds. The van der Waals surface area contributed by atoms with Crippen molar-refractivity contribution in [1.29, 1.82) is 0 Å². The fourth-order valence-electron chi connectivity index (χ4n) is 3.06. The molecule has 1 aromatic carbocycles. The molecule has 2 heterocycles. The molecule has 0 bridgehead atoms. The molecule has 0 radical (unpaired) electrons. The van der Waals surface area contributed by atoms with Crippen molar-refractivity contribution in [2.75, 3.05) is 18.8 Å². The standard InChI is InChI=1S/C21H25N5OS/c1-4-16-11-7-8-13-18(16)26-20(17-12-9-10-14-22-17)23-24-21(26)28-15-19(27)25(5-2)6-3/h7-14H,4-6,15H2,1-3H3. The van der Waals surface area contributed by atoms with E-state index in [4.69, 9.17) is 0 Å². The molecule has 0 atom stereocenters. The smallest absolute Gasteiger partial charge is 0.233 e. The van der Waals surface area contributed by atoms with E-state index in [0.717, 1.165) is 17.8 Å². The highest BCUT2D eigenvalue weighted by atomic mass is 32.2. The van der Waals surface area contributed by atoms with Crippen molar-refractivity contribution in [3.05, 3.63) is 54.2 Å². The average Bonchev–Trinajstić information content (AvgIpc) is 3.17. The fourth-order valence-corrected chi connectivity index (χ4v) is 3.91. The van der Waals surface area contributed by atoms with Gasteiger partial charge in [0.1, 0.15) is 5.69 Å². The van der Waals surface area contributed by atoms with Crippen LogP contribution < -0.4 is 0 Å². The predicted molar refractivity (Wildman–Crippen MR) is 113 cm³/mol. The summed E-state index contributed by atoms with van der Waals surface area (Å²) in [4.78, 5) is 18.7. The molecule has 0 fully saturated rings. The van der Waals surface area contributed by atoms with E-state index in [2.05, 4.69) is 34.2 Å². The molecule has 0 aliphatic carbocycles. The van der Waals surface area contributed by atoms with Gasteiger partial charge in [-0.15, -0.1) is 10.2 Å². The molecular weight excluding hydrogens is 370 g/mol. The Kier molecular flexibility index (Phi) is 6.81. The number of rotatable bonds is 8. The Morgan fingerprint density at radius 2 is 1.79 bits per heavy atom. The van der Waals surface area contributed by atoms with Crippen LogP contribution >= 0.6 is 11.8 Å². The van der Waals surface area contributed by atoms with Crippen molar-refractivity contribution < 1.29 is 4.79 Å². The molecule has 3 aromatic rings. The fraction of sp³-hybridized carbons (Fsp3) is 0.333. The maximum atomic E-state index is 12.5. The van der Waals surface area contributed by atoms with Gasteiger partial charge in [0.25, 0.3) is 0 Å². The zero-order valence-electron chi connectivity index (χ0n) is 16.5. The number of hydrogen-bond acceptors (Lipinski definition) is 5. The summed E-state index contributed by atoms with van der Waals surface area (Å²) in [6.07, 6.45) is 2.63. The second-order valence-electron chi connectivity index (χ2n) is 6.19. The average molecular weight is 396 g/mol. The van der Waals surface area contributed by atoms with E-state index >= 15 is 0 Å². The van der Waals surface area contributed by atoms with Gasteiger partial charge in [0.2, 0.25) is 5.91 Å². The van der Waals surface area contributed by atoms with Crippen LogP contribution in [0.5, 0.6) is 0 Å². The van der Waals surface area contributed by atoms with Crippen LogP contribution in [0.3, 0.4) is 0 Å². The number of thioether (sulfide) groups is 1. The van der Waals surface area contributed by atoms with Gasteiger partial charge in [-0.25, -0.2) is 0 Å². The topological polar surface area (TPSA) is 63.9 Å². The van der Waals surface area contributed by atoms with Crippen LogP contribution in [-0.2, 0) is 11.2 Å². The molecule has 28 heavy (non-hydrogen) atoms. The number of carbonyl (C=O) groups is 1. The summed E-state index contributed by atoms with van der Waals surface area (Å²) in [6, 6.07) is 13.9. The van der Waals surface area contributed by atoms with E-state index in [1.165, 1.54) is 17.3 Å². The third kappa shape index (κ3) is 4.25. The van der Waals surface area contributed by atoms with Crippen molar-refractivity contribution in [3.8, 4) is 17.2 Å². The lowest BCUT2D eigenvalue weighted by Gasteiger charge is -2.18. The van der Waals surface area contributed by atoms with Gasteiger partial charge in [0.05, 0.1) is 11.4 Å². The lowest BCUT2D eigenvalue weighted by molar-refractivity contribution is -0.127. The van der Waals surface area contributed by atoms with Gasteiger partial charge in [-0.05, 0) is 44.0 Å². The largest absolute Gasteiger partial charge is 0.343 e. The molecule has 0 aliphatic rings. The number of aromatic nitrogens is 4. The van der Waals surface area contributed by atoms with E-state index in [1.54, 1.807) is 6.20 Å². The Labute approximate surface area is 170 Å². The molecular formula is C21H25N5OS. The van der Waals surface area contributed by atoms with E-state index in [-0.39, 0.29) is 5.91 Å². The Morgan fingerprint density at radius 1 is 1.04 bits per heavy atom. The minimum absolute atomic E-state index is 0.104. The molecule has 0 N–H and O–H groups in total. The number of para-hydroxylation sites is 1. The Bertz CT molecular complexity index is 922. The third-order valence-corrected chi connectivity index (χ3v) is 5.50. The minimum atomic E-state index is 0.104. The summed E-state index contributed by atoms with van der Waals surface area (Å²) in [5.74, 6) is 1.11. The highest BCUT2D eigenvalue weighted by molar-refractivity contribution is 7.99. The van der Waals surface area contributed by atoms with Crippen LogP contribution in [0.25, 0.3) is 17.2 Å². The van der Waals surface area contributed by atoms with Crippen LogP contribution in [0.2, 0.25) is 0 Å². The number of pyridine rings is 1. The summed E-state index contributed by atoms with van der Waals surface area (Å²) in [6.45, 7) is 7.53. The monoisotopic (exact) mass is 395 g/mol. The van der Waals surface area contributed by atoms with Crippen molar-refractivity contribution in [2.24, 2.45) is 0 Å². The normalized spacial score (nSPS) is 10.8. The zero-order valence-corrected chi connectivity index (χ0v) is 17.3. The van der Waals surface area contributed by atoms with Crippen molar-refractivity contribution >= 4 is 17.7 Å². The minimum Gasteiger partial charge on any atom is -0.343 e. The van der Waals surface area contributed by atoms with Crippen LogP contribution in [0.1, 0.15) is 26.3 Å². The van der Waals surface area contributed by atoms with Crippen LogP contribution in [-0.4, -0.2) is 49.4 Å². The highest BCUT2D eigenvalue weighted by Crippen LogP contribution is 2.29. The van der Waals surface area contributed by atoms with Gasteiger partial charge in [-0.1, -0.05) is 43.0 Å². The van der Waals surface area contributed by atoms with Crippen LogP contribution in [0.15, 0.2) is 53.8 Å². The number of benzene rings is 1. The van der Waals surface area contributed by atoms with Crippen LogP contribution in [0, 0.1) is 0 Å². The lowest BCUT2D eigenvalue weighted by Crippen LogP contribution is -2.31. The van der Waals surface area contributed by atoms with Gasteiger partial charge < -0.3 is 4.90 Å². The molecule has 3 rings (SSSR count). The number of hydrogen-bond donors (Lipinski definition) is 0. The van der Waals surface area contributed by atoms with Crippen molar-refractivity contribution in [1.82, 2.24) is 24.6 Å². The summed E-state index contributed by atoms with van der Waals surface area (Å²) >= 11 is 1.41. The van der Waals surface area contributed by atoms with Gasteiger partial charge >= 0.3 is 0 Å². The van der Waals surface area contributed by atoms with Crippen LogP contribution in [0.4, 0.5) is 0 Å². The van der Waals surface area contributed by atoms with Crippen molar-refractivity contribution in [3.63, 3.8) is 0 Å². The molecule has 0 unspecified atom stereocenters. The summed E-state index contributed by atoms with van der Waals surface area (Å²) in [5.41, 5.74) is 2.97. The van der Waals surface area contributed by atoms with Gasteiger partial charge in [0.15, 0.2) is 11.0 Å². The summed E-state index contributed by atoms with van der Waals surface area (Å²) in [5, 5.41) is 9.49. The predicted octanol–water partition coefficient (Wildman–Crippen LogP) is 3.85. The van der Waals surface area contributed by atoms with E-state index in [9.17, 15) is 4.79 Å². The lowest BCUT2D eigenvalue weighted by atomic mass is 10.1. The number of nitrogens with zero attached hydrogens (tertiary/aromatic N) is 5. The van der Waals surface area contributed by atoms with Gasteiger partial charge in [0, 0.05) is 19.3 Å². The molecule has 0 spiro atoms. The number of carbonyl (C=O) groups excluding carboxylic acids is 1. The Morgan fingerprint density at radius 3 is 2.46 bits per heavy atom. The second-order valence-corrected chi connectivity index (χ2v) is 7.14. The highest BCUT2D eigenvalue weighted by Gasteiger charge is 2.20. The van der Waals surface area contributed by atoms with Crippen molar-refractivity contribution in [2.45, 2.75) is 32.3 Å². The zero-order chi connectivity index (χ0) is 19.9. The maximum Gasteiger partial charge on any atom is 0.233 e. The van der Waals surface area contributed by atoms with E-state index in [1.807, 2.05) is 53.6 Å². The first kappa shape index (κ1) is 20.1. The molecule has 2 aromatic heterocycles. The molecule has 6 nitrogen and oxygen atoms in total. The number of amides is 1. The van der Waals surface area contributed by atoms with Gasteiger partial charge in [-0.2, -0.15) is 0 Å².